The van der Waals surface area contributed by atoms with Crippen molar-refractivity contribution >= 4 is 5.57 Å². The van der Waals surface area contributed by atoms with Gasteiger partial charge in [0.05, 0.1) is 52.1 Å². The zero-order valence-electron chi connectivity index (χ0n) is 20.1. The second kappa shape index (κ2) is 10.3. The first kappa shape index (κ1) is 25.4. The van der Waals surface area contributed by atoms with Crippen LogP contribution in [0.5, 0.6) is 0 Å². The van der Waals surface area contributed by atoms with Crippen LogP contribution in [0.15, 0.2) is 78.4 Å². The molecule has 0 amide bonds. The molecule has 4 nitrogen and oxygen atoms in total. The standard InChI is InChI=1S/C31H16F4N4/c32-24-3-1-4-25(33)30(24)21-9-7-17(11-19(21)13-36)29(23(15-38)28-16-39-28)18-8-10-22(20(12-18)14-37)31-26(34)5-2-6-27(31)35/h1-12,28,39H,16H2. The van der Waals surface area contributed by atoms with Gasteiger partial charge in [0.2, 0.25) is 0 Å². The summed E-state index contributed by atoms with van der Waals surface area (Å²) in [7, 11) is 0. The average Bonchev–Trinajstić information content (AvgIpc) is 3.77. The molecule has 39 heavy (non-hydrogen) atoms. The fraction of sp³-hybridized carbons (Fsp3) is 0.0645. The van der Waals surface area contributed by atoms with Gasteiger partial charge in [-0.15, -0.1) is 0 Å². The van der Waals surface area contributed by atoms with Gasteiger partial charge in [-0.05, 0) is 47.5 Å². The van der Waals surface area contributed by atoms with Gasteiger partial charge in [0.1, 0.15) is 23.3 Å². The highest BCUT2D eigenvalue weighted by atomic mass is 19.1. The molecule has 1 saturated heterocycles. The van der Waals surface area contributed by atoms with Gasteiger partial charge in [-0.3, -0.25) is 0 Å². The number of benzene rings is 4. The number of nitrogens with zero attached hydrogens (tertiary/aromatic N) is 3. The summed E-state index contributed by atoms with van der Waals surface area (Å²) < 4.78 is 58.0. The molecule has 1 atom stereocenters. The molecular formula is C31H16F4N4. The van der Waals surface area contributed by atoms with Gasteiger partial charge in [0, 0.05) is 23.2 Å². The van der Waals surface area contributed by atoms with Crippen LogP contribution < -0.4 is 5.32 Å². The third-order valence-electron chi connectivity index (χ3n) is 6.47. The van der Waals surface area contributed by atoms with E-state index >= 15 is 0 Å². The maximum absolute atomic E-state index is 14.5. The van der Waals surface area contributed by atoms with Crippen LogP contribution in [0.1, 0.15) is 22.3 Å². The highest BCUT2D eigenvalue weighted by Gasteiger charge is 2.30. The van der Waals surface area contributed by atoms with Crippen molar-refractivity contribution in [1.82, 2.24) is 5.32 Å². The zero-order valence-corrected chi connectivity index (χ0v) is 20.1. The summed E-state index contributed by atoms with van der Waals surface area (Å²) in [5.74, 6) is -3.32. The molecule has 4 aromatic rings. The van der Waals surface area contributed by atoms with Gasteiger partial charge in [-0.2, -0.15) is 15.8 Å². The van der Waals surface area contributed by atoms with Gasteiger partial charge >= 0.3 is 0 Å². The number of halogens is 4. The van der Waals surface area contributed by atoms with E-state index in [2.05, 4.69) is 11.4 Å². The summed E-state index contributed by atoms with van der Waals surface area (Å²) in [4.78, 5) is 0. The molecule has 4 aromatic carbocycles. The summed E-state index contributed by atoms with van der Waals surface area (Å²) in [6.07, 6.45) is 0. The van der Waals surface area contributed by atoms with Gasteiger partial charge in [-0.25, -0.2) is 17.6 Å². The van der Waals surface area contributed by atoms with Crippen LogP contribution in [-0.2, 0) is 0 Å². The maximum atomic E-state index is 14.5. The second-order valence-corrected chi connectivity index (χ2v) is 8.80. The second-order valence-electron chi connectivity index (χ2n) is 8.80. The first-order chi connectivity index (χ1) is 18.9. The summed E-state index contributed by atoms with van der Waals surface area (Å²) in [5.41, 5.74) is 0.819. The fourth-order valence-electron chi connectivity index (χ4n) is 4.58. The van der Waals surface area contributed by atoms with Crippen molar-refractivity contribution in [3.8, 4) is 40.5 Å². The van der Waals surface area contributed by atoms with E-state index < -0.39 is 23.3 Å². The SMILES string of the molecule is N#CC(=C(c1ccc(-c2c(F)cccc2F)c(C#N)c1)c1ccc(-c2c(F)cccc2F)c(C#N)c1)C1CN1. The molecule has 1 aliphatic rings. The number of rotatable bonds is 5. The fourth-order valence-corrected chi connectivity index (χ4v) is 4.58. The van der Waals surface area contributed by atoms with Gasteiger partial charge in [-0.1, -0.05) is 36.4 Å². The van der Waals surface area contributed by atoms with Crippen molar-refractivity contribution in [3.63, 3.8) is 0 Å². The van der Waals surface area contributed by atoms with Crippen LogP contribution in [-0.4, -0.2) is 12.6 Å². The molecule has 0 radical (unpaired) electrons. The van der Waals surface area contributed by atoms with E-state index in [9.17, 15) is 33.3 Å². The molecule has 1 heterocycles. The van der Waals surface area contributed by atoms with Crippen LogP contribution in [0.25, 0.3) is 27.8 Å². The van der Waals surface area contributed by atoms with Crippen molar-refractivity contribution in [2.45, 2.75) is 6.04 Å². The van der Waals surface area contributed by atoms with Crippen molar-refractivity contribution in [1.29, 1.82) is 15.8 Å². The van der Waals surface area contributed by atoms with Crippen molar-refractivity contribution < 1.29 is 17.6 Å². The zero-order chi connectivity index (χ0) is 27.7. The smallest absolute Gasteiger partial charge is 0.134 e. The Labute approximate surface area is 221 Å². The molecular weight excluding hydrogens is 504 g/mol. The van der Waals surface area contributed by atoms with Crippen molar-refractivity contribution in [2.24, 2.45) is 0 Å². The van der Waals surface area contributed by atoms with E-state index in [0.29, 0.717) is 28.8 Å². The Balaban J connectivity index is 1.71. The molecule has 188 valence electrons. The molecule has 0 bridgehead atoms. The Morgan fingerprint density at radius 1 is 0.667 bits per heavy atom. The van der Waals surface area contributed by atoms with Gasteiger partial charge in [0.15, 0.2) is 0 Å². The van der Waals surface area contributed by atoms with Crippen LogP contribution in [0.3, 0.4) is 0 Å². The predicted molar refractivity (Wildman–Crippen MR) is 136 cm³/mol. The number of hydrogen-bond donors (Lipinski definition) is 1. The molecule has 8 heteroatoms. The molecule has 0 aliphatic carbocycles. The minimum atomic E-state index is -0.829. The van der Waals surface area contributed by atoms with E-state index in [1.54, 1.807) is 0 Å². The molecule has 0 saturated carbocycles. The first-order valence-corrected chi connectivity index (χ1v) is 11.7. The molecule has 0 spiro atoms. The van der Waals surface area contributed by atoms with Gasteiger partial charge < -0.3 is 5.32 Å². The van der Waals surface area contributed by atoms with Crippen molar-refractivity contribution in [3.05, 3.63) is 124 Å². The summed E-state index contributed by atoms with van der Waals surface area (Å²) in [5, 5.41) is 32.8. The normalized spacial score (nSPS) is 13.6. The van der Waals surface area contributed by atoms with Crippen LogP contribution in [0.4, 0.5) is 17.6 Å². The summed E-state index contributed by atoms with van der Waals surface area (Å²) in [6.45, 7) is 0.527. The highest BCUT2D eigenvalue weighted by Crippen LogP contribution is 2.37. The third-order valence-corrected chi connectivity index (χ3v) is 6.47. The van der Waals surface area contributed by atoms with E-state index in [1.165, 1.54) is 48.5 Å². The monoisotopic (exact) mass is 520 g/mol. The Bertz CT molecular complexity index is 1650. The lowest BCUT2D eigenvalue weighted by Crippen LogP contribution is -2.03. The van der Waals surface area contributed by atoms with Crippen molar-refractivity contribution in [2.75, 3.05) is 6.54 Å². The predicted octanol–water partition coefficient (Wildman–Crippen LogP) is 6.62. The number of nitrogens with one attached hydrogen (secondary N) is 1. The maximum Gasteiger partial charge on any atom is 0.134 e. The van der Waals surface area contributed by atoms with Crippen LogP contribution in [0.2, 0.25) is 0 Å². The average molecular weight is 520 g/mol. The summed E-state index contributed by atoms with van der Waals surface area (Å²) >= 11 is 0. The number of hydrogen-bond acceptors (Lipinski definition) is 4. The largest absolute Gasteiger partial charge is 0.306 e. The highest BCUT2D eigenvalue weighted by molar-refractivity contribution is 5.89. The quantitative estimate of drug-likeness (QED) is 0.182. The van der Waals surface area contributed by atoms with Crippen LogP contribution >= 0.6 is 0 Å². The number of nitriles is 3. The molecule has 1 N–H and O–H groups in total. The van der Waals surface area contributed by atoms with E-state index in [0.717, 1.165) is 24.3 Å². The Kier molecular flexibility index (Phi) is 6.69. The topological polar surface area (TPSA) is 93.3 Å². The Morgan fingerprint density at radius 2 is 1.08 bits per heavy atom. The molecule has 1 unspecified atom stereocenters. The van der Waals surface area contributed by atoms with E-state index in [4.69, 9.17) is 0 Å². The lowest BCUT2D eigenvalue weighted by molar-refractivity contribution is 0.589. The Hall–Kier alpha value is -5.23. The lowest BCUT2D eigenvalue weighted by Gasteiger charge is -2.16. The minimum Gasteiger partial charge on any atom is -0.306 e. The first-order valence-electron chi connectivity index (χ1n) is 11.7. The third kappa shape index (κ3) is 4.64. The minimum absolute atomic E-state index is 0.0272. The van der Waals surface area contributed by atoms with Crippen LogP contribution in [0, 0.1) is 57.3 Å². The molecule has 5 rings (SSSR count). The molecule has 1 fully saturated rings. The lowest BCUT2D eigenvalue weighted by atomic mass is 9.87. The molecule has 1 aliphatic heterocycles. The Morgan fingerprint density at radius 3 is 1.41 bits per heavy atom. The van der Waals surface area contributed by atoms with E-state index in [-0.39, 0.29) is 39.4 Å². The van der Waals surface area contributed by atoms with Gasteiger partial charge in [0.25, 0.3) is 0 Å². The summed E-state index contributed by atoms with van der Waals surface area (Å²) in [6, 6.07) is 21.4. The molecule has 0 aromatic heterocycles. The van der Waals surface area contributed by atoms with E-state index in [1.807, 2.05) is 12.1 Å².